The van der Waals surface area contributed by atoms with Crippen molar-refractivity contribution in [2.45, 2.75) is 5.41 Å². The molecule has 0 fully saturated rings. The number of rotatable bonds is 7. The van der Waals surface area contributed by atoms with Gasteiger partial charge in [0.25, 0.3) is 0 Å². The summed E-state index contributed by atoms with van der Waals surface area (Å²) < 4.78 is 0. The molecule has 0 spiro atoms. The Morgan fingerprint density at radius 3 is 1.29 bits per heavy atom. The third-order valence-corrected chi connectivity index (χ3v) is 12.9. The van der Waals surface area contributed by atoms with Crippen LogP contribution in [0.5, 0.6) is 0 Å². The third kappa shape index (κ3) is 5.85. The van der Waals surface area contributed by atoms with E-state index in [1.54, 1.807) is 0 Å². The summed E-state index contributed by atoms with van der Waals surface area (Å²) >= 11 is 0. The minimum atomic E-state index is -0.487. The van der Waals surface area contributed by atoms with Crippen molar-refractivity contribution < 1.29 is 0 Å². The van der Waals surface area contributed by atoms with Gasteiger partial charge in [0.05, 0.1) is 5.41 Å². The Balaban J connectivity index is 1.07. The van der Waals surface area contributed by atoms with E-state index < -0.39 is 5.41 Å². The number of aromatic nitrogens is 3. The number of nitrogens with zero attached hydrogens (tertiary/aromatic N) is 3. The van der Waals surface area contributed by atoms with E-state index in [1.807, 2.05) is 18.2 Å². The molecule has 63 heavy (non-hydrogen) atoms. The molecule has 10 aromatic carbocycles. The lowest BCUT2D eigenvalue weighted by molar-refractivity contribution is 0.768. The van der Waals surface area contributed by atoms with Crippen LogP contribution in [0.2, 0.25) is 0 Å². The van der Waals surface area contributed by atoms with Gasteiger partial charge in [0, 0.05) is 16.7 Å². The van der Waals surface area contributed by atoms with Gasteiger partial charge >= 0.3 is 0 Å². The molecular formula is C60H39N3. The highest BCUT2D eigenvalue weighted by molar-refractivity contribution is 6.08. The highest BCUT2D eigenvalue weighted by Gasteiger charge is 2.46. The van der Waals surface area contributed by atoms with E-state index in [9.17, 15) is 0 Å². The van der Waals surface area contributed by atoms with Gasteiger partial charge in [-0.2, -0.15) is 0 Å². The summed E-state index contributed by atoms with van der Waals surface area (Å²) in [6, 6.07) is 84.7. The van der Waals surface area contributed by atoms with E-state index in [1.165, 1.54) is 50.1 Å². The Morgan fingerprint density at radius 2 is 0.635 bits per heavy atom. The fourth-order valence-electron chi connectivity index (χ4n) is 10.2. The zero-order chi connectivity index (χ0) is 41.7. The van der Waals surface area contributed by atoms with E-state index in [4.69, 9.17) is 15.0 Å². The lowest BCUT2D eigenvalue weighted by atomic mass is 9.67. The second-order valence-electron chi connectivity index (χ2n) is 16.2. The summed E-state index contributed by atoms with van der Waals surface area (Å²) in [5.74, 6) is 1.91. The summed E-state index contributed by atoms with van der Waals surface area (Å²) in [5, 5.41) is 4.46. The topological polar surface area (TPSA) is 38.7 Å². The second kappa shape index (κ2) is 15.0. The minimum absolute atomic E-state index is 0.487. The number of fused-ring (bicyclic) bond motifs is 5. The van der Waals surface area contributed by atoms with Crippen LogP contribution in [0.3, 0.4) is 0 Å². The molecule has 12 rings (SSSR count). The lowest BCUT2D eigenvalue weighted by Gasteiger charge is -2.34. The standard InChI is InChI=1S/C60H39N3/c1-5-20-40(21-6-1)44-31-17-33-48-45(44)32-18-35-51(48)58-61-57(41-22-7-2-8-23-41)62-59(63-58)52-39-38-49(46-28-13-14-29-47(46)52)50-34-19-37-55-56(50)53-30-15-16-36-54(53)60(55,42-24-9-3-10-25-42)43-26-11-4-12-27-43/h1-39H. The SMILES string of the molecule is c1ccc(-c2nc(-c3cccc4c(-c5ccccc5)cccc34)nc(-c3ccc(-c4cccc5c4-c4ccccc4C5(c4ccccc4)c4ccccc4)c4ccccc34)n2)cc1. The molecule has 0 bridgehead atoms. The zero-order valence-corrected chi connectivity index (χ0v) is 34.4. The first-order valence-corrected chi connectivity index (χ1v) is 21.5. The first-order valence-electron chi connectivity index (χ1n) is 21.5. The van der Waals surface area contributed by atoms with Gasteiger partial charge in [-0.15, -0.1) is 0 Å². The van der Waals surface area contributed by atoms with Crippen molar-refractivity contribution in [3.05, 3.63) is 259 Å². The van der Waals surface area contributed by atoms with Crippen LogP contribution in [0, 0.1) is 0 Å². The van der Waals surface area contributed by atoms with Gasteiger partial charge in [0.1, 0.15) is 0 Å². The lowest BCUT2D eigenvalue weighted by Crippen LogP contribution is -2.28. The normalized spacial score (nSPS) is 12.6. The van der Waals surface area contributed by atoms with Crippen LogP contribution >= 0.6 is 0 Å². The van der Waals surface area contributed by atoms with Crippen molar-refractivity contribution in [3.63, 3.8) is 0 Å². The van der Waals surface area contributed by atoms with Crippen molar-refractivity contribution in [1.82, 2.24) is 15.0 Å². The Morgan fingerprint density at radius 1 is 0.238 bits per heavy atom. The van der Waals surface area contributed by atoms with Crippen LogP contribution in [0.1, 0.15) is 22.3 Å². The molecule has 0 aliphatic heterocycles. The van der Waals surface area contributed by atoms with E-state index >= 15 is 0 Å². The Hall–Kier alpha value is -8.27. The van der Waals surface area contributed by atoms with Gasteiger partial charge in [0.15, 0.2) is 17.5 Å². The average Bonchev–Trinajstić information content (AvgIpc) is 3.68. The molecule has 0 radical (unpaired) electrons. The molecule has 0 N–H and O–H groups in total. The van der Waals surface area contributed by atoms with Crippen molar-refractivity contribution in [2.75, 3.05) is 0 Å². The van der Waals surface area contributed by atoms with Crippen LogP contribution in [-0.2, 0) is 5.41 Å². The van der Waals surface area contributed by atoms with Gasteiger partial charge < -0.3 is 0 Å². The van der Waals surface area contributed by atoms with Gasteiger partial charge in [-0.25, -0.2) is 15.0 Å². The van der Waals surface area contributed by atoms with Crippen molar-refractivity contribution >= 4 is 21.5 Å². The van der Waals surface area contributed by atoms with E-state index in [2.05, 4.69) is 218 Å². The molecule has 294 valence electrons. The van der Waals surface area contributed by atoms with E-state index in [0.717, 1.165) is 43.8 Å². The smallest absolute Gasteiger partial charge is 0.164 e. The molecule has 3 heteroatoms. The Labute approximate surface area is 366 Å². The van der Waals surface area contributed by atoms with Gasteiger partial charge in [-0.05, 0) is 83.2 Å². The number of hydrogen-bond donors (Lipinski definition) is 0. The first kappa shape index (κ1) is 36.6. The molecule has 1 aliphatic carbocycles. The maximum atomic E-state index is 5.36. The summed E-state index contributed by atoms with van der Waals surface area (Å²) in [7, 11) is 0. The molecule has 0 saturated carbocycles. The largest absolute Gasteiger partial charge is 0.208 e. The maximum Gasteiger partial charge on any atom is 0.164 e. The molecule has 11 aromatic rings. The molecular weight excluding hydrogens is 763 g/mol. The summed E-state index contributed by atoms with van der Waals surface area (Å²) in [5.41, 5.74) is 14.7. The fraction of sp³-hybridized carbons (Fsp3) is 0.0167. The van der Waals surface area contributed by atoms with Crippen LogP contribution in [0.25, 0.3) is 89.1 Å². The monoisotopic (exact) mass is 801 g/mol. The Bertz CT molecular complexity index is 3450. The summed E-state index contributed by atoms with van der Waals surface area (Å²) in [6.45, 7) is 0. The molecule has 1 aromatic heterocycles. The maximum absolute atomic E-state index is 5.36. The Kier molecular flexibility index (Phi) is 8.72. The minimum Gasteiger partial charge on any atom is -0.208 e. The van der Waals surface area contributed by atoms with Gasteiger partial charge in [-0.3, -0.25) is 0 Å². The average molecular weight is 802 g/mol. The van der Waals surface area contributed by atoms with Crippen LogP contribution < -0.4 is 0 Å². The van der Waals surface area contributed by atoms with Crippen molar-refractivity contribution in [1.29, 1.82) is 0 Å². The van der Waals surface area contributed by atoms with Crippen LogP contribution in [0.4, 0.5) is 0 Å². The van der Waals surface area contributed by atoms with Crippen molar-refractivity contribution in [2.24, 2.45) is 0 Å². The van der Waals surface area contributed by atoms with E-state index in [0.29, 0.717) is 17.5 Å². The summed E-state index contributed by atoms with van der Waals surface area (Å²) in [4.78, 5) is 15.8. The molecule has 0 unspecified atom stereocenters. The molecule has 1 aliphatic rings. The third-order valence-electron chi connectivity index (χ3n) is 12.9. The first-order chi connectivity index (χ1) is 31.3. The number of hydrogen-bond acceptors (Lipinski definition) is 3. The van der Waals surface area contributed by atoms with Crippen LogP contribution in [-0.4, -0.2) is 15.0 Å². The predicted molar refractivity (Wildman–Crippen MR) is 259 cm³/mol. The summed E-state index contributed by atoms with van der Waals surface area (Å²) in [6.07, 6.45) is 0. The fourth-order valence-corrected chi connectivity index (χ4v) is 10.2. The quantitative estimate of drug-likeness (QED) is 0.161. The van der Waals surface area contributed by atoms with Gasteiger partial charge in [-0.1, -0.05) is 231 Å². The molecule has 1 heterocycles. The van der Waals surface area contributed by atoms with Gasteiger partial charge in [0.2, 0.25) is 0 Å². The molecule has 0 saturated heterocycles. The van der Waals surface area contributed by atoms with Crippen molar-refractivity contribution in [3.8, 4) is 67.5 Å². The van der Waals surface area contributed by atoms with E-state index in [-0.39, 0.29) is 0 Å². The second-order valence-corrected chi connectivity index (χ2v) is 16.2. The van der Waals surface area contributed by atoms with Crippen LogP contribution in [0.15, 0.2) is 237 Å². The molecule has 0 atom stereocenters. The highest BCUT2D eigenvalue weighted by atomic mass is 15.0. The predicted octanol–water partition coefficient (Wildman–Crippen LogP) is 14.9. The zero-order valence-electron chi connectivity index (χ0n) is 34.4. The highest BCUT2D eigenvalue weighted by Crippen LogP contribution is 2.58. The number of benzene rings is 10. The molecule has 0 amide bonds. The molecule has 3 nitrogen and oxygen atoms in total.